The van der Waals surface area contributed by atoms with Gasteiger partial charge in [-0.05, 0) is 19.9 Å². The van der Waals surface area contributed by atoms with Crippen LogP contribution in [0, 0.1) is 13.8 Å². The van der Waals surface area contributed by atoms with E-state index in [2.05, 4.69) is 15.2 Å². The molecular formula is C13H18N4O2. The molecule has 2 aromatic heterocycles. The van der Waals surface area contributed by atoms with Crippen LogP contribution in [-0.4, -0.2) is 31.5 Å². The van der Waals surface area contributed by atoms with Crippen LogP contribution >= 0.6 is 0 Å². The fraction of sp³-hybridized carbons (Fsp3) is 0.538. The Hall–Kier alpha value is -1.66. The average Bonchev–Trinajstić information content (AvgIpc) is 2.96. The third-order valence-electron chi connectivity index (χ3n) is 3.65. The van der Waals surface area contributed by atoms with Crippen molar-refractivity contribution in [1.82, 2.24) is 19.8 Å². The quantitative estimate of drug-likeness (QED) is 0.893. The van der Waals surface area contributed by atoms with E-state index in [1.807, 2.05) is 24.6 Å². The lowest BCUT2D eigenvalue weighted by molar-refractivity contribution is 0.203. The first-order valence-corrected chi connectivity index (χ1v) is 6.48. The SMILES string of the molecule is Cc1noc(C)c1CN1CCn2nc(CO)cc2C1. The molecule has 0 amide bonds. The monoisotopic (exact) mass is 262 g/mol. The molecule has 3 heterocycles. The first-order valence-electron chi connectivity index (χ1n) is 6.48. The summed E-state index contributed by atoms with van der Waals surface area (Å²) in [7, 11) is 0. The summed E-state index contributed by atoms with van der Waals surface area (Å²) in [6, 6.07) is 1.97. The zero-order valence-electron chi connectivity index (χ0n) is 11.3. The number of aliphatic hydroxyl groups is 1. The predicted molar refractivity (Wildman–Crippen MR) is 68.2 cm³/mol. The highest BCUT2D eigenvalue weighted by molar-refractivity contribution is 5.21. The number of aliphatic hydroxyl groups excluding tert-OH is 1. The molecule has 0 fully saturated rings. The second-order valence-corrected chi connectivity index (χ2v) is 5.02. The molecule has 1 N–H and O–H groups in total. The normalized spacial score (nSPS) is 15.7. The molecule has 2 aromatic rings. The van der Waals surface area contributed by atoms with Gasteiger partial charge in [-0.1, -0.05) is 5.16 Å². The lowest BCUT2D eigenvalue weighted by Crippen LogP contribution is -2.33. The maximum absolute atomic E-state index is 9.12. The van der Waals surface area contributed by atoms with E-state index < -0.39 is 0 Å². The number of rotatable bonds is 3. The Labute approximate surface area is 111 Å². The van der Waals surface area contributed by atoms with E-state index in [1.165, 1.54) is 5.56 Å². The number of fused-ring (bicyclic) bond motifs is 1. The van der Waals surface area contributed by atoms with Crippen molar-refractivity contribution < 1.29 is 9.63 Å². The molecule has 0 bridgehead atoms. The molecule has 0 radical (unpaired) electrons. The highest BCUT2D eigenvalue weighted by atomic mass is 16.5. The van der Waals surface area contributed by atoms with Crippen LogP contribution < -0.4 is 0 Å². The second-order valence-electron chi connectivity index (χ2n) is 5.02. The van der Waals surface area contributed by atoms with Gasteiger partial charge in [-0.15, -0.1) is 0 Å². The van der Waals surface area contributed by atoms with Gasteiger partial charge in [-0.2, -0.15) is 5.10 Å². The second kappa shape index (κ2) is 4.79. The highest BCUT2D eigenvalue weighted by Crippen LogP contribution is 2.19. The van der Waals surface area contributed by atoms with Crippen LogP contribution in [0.1, 0.15) is 28.4 Å². The molecule has 0 atom stereocenters. The van der Waals surface area contributed by atoms with Gasteiger partial charge >= 0.3 is 0 Å². The van der Waals surface area contributed by atoms with E-state index in [9.17, 15) is 0 Å². The van der Waals surface area contributed by atoms with Crippen LogP contribution in [0.5, 0.6) is 0 Å². The Morgan fingerprint density at radius 3 is 2.89 bits per heavy atom. The summed E-state index contributed by atoms with van der Waals surface area (Å²) in [6.07, 6.45) is 0. The standard InChI is InChI=1S/C13H18N4O2/c1-9-13(10(2)19-15-9)7-16-3-4-17-12(6-16)5-11(8-18)14-17/h5,18H,3-4,6-8H2,1-2H3. The van der Waals surface area contributed by atoms with Crippen molar-refractivity contribution in [2.45, 2.75) is 40.1 Å². The Balaban J connectivity index is 1.75. The number of aryl methyl sites for hydroxylation is 2. The summed E-state index contributed by atoms with van der Waals surface area (Å²) in [5.74, 6) is 0.896. The molecule has 1 aliphatic heterocycles. The van der Waals surface area contributed by atoms with Gasteiger partial charge in [0.05, 0.1) is 30.2 Å². The van der Waals surface area contributed by atoms with Gasteiger partial charge in [0.15, 0.2) is 0 Å². The lowest BCUT2D eigenvalue weighted by atomic mass is 10.1. The fourth-order valence-corrected chi connectivity index (χ4v) is 2.54. The minimum Gasteiger partial charge on any atom is -0.390 e. The van der Waals surface area contributed by atoms with Crippen LogP contribution in [0.25, 0.3) is 0 Å². The van der Waals surface area contributed by atoms with Crippen LogP contribution in [0.2, 0.25) is 0 Å². The molecule has 0 aliphatic carbocycles. The van der Waals surface area contributed by atoms with E-state index in [0.29, 0.717) is 0 Å². The third-order valence-corrected chi connectivity index (χ3v) is 3.65. The van der Waals surface area contributed by atoms with Crippen LogP contribution in [0.15, 0.2) is 10.6 Å². The first kappa shape index (κ1) is 12.4. The molecule has 6 heteroatoms. The zero-order valence-corrected chi connectivity index (χ0v) is 11.3. The molecular weight excluding hydrogens is 244 g/mol. The molecule has 102 valence electrons. The van der Waals surface area contributed by atoms with E-state index in [4.69, 9.17) is 9.63 Å². The number of nitrogens with zero attached hydrogens (tertiary/aromatic N) is 4. The Morgan fingerprint density at radius 2 is 2.21 bits per heavy atom. The fourth-order valence-electron chi connectivity index (χ4n) is 2.54. The molecule has 0 unspecified atom stereocenters. The van der Waals surface area contributed by atoms with E-state index in [0.717, 1.165) is 49.0 Å². The minimum absolute atomic E-state index is 0.00384. The van der Waals surface area contributed by atoms with Gasteiger partial charge in [-0.3, -0.25) is 9.58 Å². The molecule has 3 rings (SSSR count). The largest absolute Gasteiger partial charge is 0.390 e. The van der Waals surface area contributed by atoms with Gasteiger partial charge in [0.1, 0.15) is 5.76 Å². The molecule has 6 nitrogen and oxygen atoms in total. The van der Waals surface area contributed by atoms with Crippen molar-refractivity contribution in [2.24, 2.45) is 0 Å². The third kappa shape index (κ3) is 2.29. The predicted octanol–water partition coefficient (Wildman–Crippen LogP) is 0.996. The van der Waals surface area contributed by atoms with Crippen molar-refractivity contribution in [3.63, 3.8) is 0 Å². The van der Waals surface area contributed by atoms with Crippen molar-refractivity contribution >= 4 is 0 Å². The van der Waals surface area contributed by atoms with Crippen molar-refractivity contribution in [3.8, 4) is 0 Å². The molecule has 19 heavy (non-hydrogen) atoms. The maximum atomic E-state index is 9.12. The highest BCUT2D eigenvalue weighted by Gasteiger charge is 2.20. The van der Waals surface area contributed by atoms with Gasteiger partial charge in [0.2, 0.25) is 0 Å². The van der Waals surface area contributed by atoms with E-state index in [1.54, 1.807) is 0 Å². The maximum Gasteiger partial charge on any atom is 0.138 e. The number of hydrogen-bond donors (Lipinski definition) is 1. The summed E-state index contributed by atoms with van der Waals surface area (Å²) >= 11 is 0. The van der Waals surface area contributed by atoms with Crippen LogP contribution in [-0.2, 0) is 26.2 Å². The summed E-state index contributed by atoms with van der Waals surface area (Å²) < 4.78 is 7.18. The Kier molecular flexibility index (Phi) is 3.12. The first-order chi connectivity index (χ1) is 9.17. The lowest BCUT2D eigenvalue weighted by Gasteiger charge is -2.27. The smallest absolute Gasteiger partial charge is 0.138 e. The van der Waals surface area contributed by atoms with Crippen LogP contribution in [0.3, 0.4) is 0 Å². The Bertz CT molecular complexity index is 568. The van der Waals surface area contributed by atoms with E-state index in [-0.39, 0.29) is 6.61 Å². The summed E-state index contributed by atoms with van der Waals surface area (Å²) in [5, 5.41) is 17.5. The van der Waals surface area contributed by atoms with E-state index >= 15 is 0 Å². The van der Waals surface area contributed by atoms with Crippen molar-refractivity contribution in [2.75, 3.05) is 6.54 Å². The number of hydrogen-bond acceptors (Lipinski definition) is 5. The molecule has 1 aliphatic rings. The van der Waals surface area contributed by atoms with Gasteiger partial charge in [0, 0.05) is 25.2 Å². The molecule has 0 saturated carbocycles. The van der Waals surface area contributed by atoms with Crippen molar-refractivity contribution in [1.29, 1.82) is 0 Å². The minimum atomic E-state index is 0.00384. The summed E-state index contributed by atoms with van der Waals surface area (Å²) in [6.45, 7) is 7.43. The summed E-state index contributed by atoms with van der Waals surface area (Å²) in [5.41, 5.74) is 4.04. The van der Waals surface area contributed by atoms with Gasteiger partial charge < -0.3 is 9.63 Å². The number of aromatic nitrogens is 3. The van der Waals surface area contributed by atoms with Gasteiger partial charge in [-0.25, -0.2) is 0 Å². The molecule has 0 spiro atoms. The van der Waals surface area contributed by atoms with Crippen LogP contribution in [0.4, 0.5) is 0 Å². The topological polar surface area (TPSA) is 67.3 Å². The van der Waals surface area contributed by atoms with Gasteiger partial charge in [0.25, 0.3) is 0 Å². The molecule has 0 saturated heterocycles. The zero-order chi connectivity index (χ0) is 13.4. The molecule has 0 aromatic carbocycles. The Morgan fingerprint density at radius 1 is 1.37 bits per heavy atom. The van der Waals surface area contributed by atoms with Crippen molar-refractivity contribution in [3.05, 3.63) is 34.5 Å². The average molecular weight is 262 g/mol. The summed E-state index contributed by atoms with van der Waals surface area (Å²) in [4.78, 5) is 2.35.